The molecule has 4 heteroatoms. The summed E-state index contributed by atoms with van der Waals surface area (Å²) in [6, 6.07) is 7.87. The molecule has 18 heavy (non-hydrogen) atoms. The Morgan fingerprint density at radius 2 is 2.17 bits per heavy atom. The number of carbonyl (C=O) groups excluding carboxylic acids is 1. The minimum absolute atomic E-state index is 0.0752. The van der Waals surface area contributed by atoms with Crippen molar-refractivity contribution in [3.05, 3.63) is 29.8 Å². The van der Waals surface area contributed by atoms with Gasteiger partial charge in [-0.3, -0.25) is 9.69 Å². The molecule has 98 valence electrons. The van der Waals surface area contributed by atoms with Gasteiger partial charge in [0.2, 0.25) is 5.91 Å². The highest BCUT2D eigenvalue weighted by Crippen LogP contribution is 2.12. The fourth-order valence-corrected chi connectivity index (χ4v) is 2.17. The molecule has 1 aromatic carbocycles. The maximum Gasteiger partial charge on any atom is 0.238 e. The number of benzene rings is 1. The van der Waals surface area contributed by atoms with Gasteiger partial charge in [-0.05, 0) is 38.1 Å². The molecule has 1 amide bonds. The molecule has 0 spiro atoms. The van der Waals surface area contributed by atoms with E-state index in [0.717, 1.165) is 43.9 Å². The van der Waals surface area contributed by atoms with Gasteiger partial charge in [0.05, 0.1) is 6.54 Å². The molecule has 0 radical (unpaired) electrons. The van der Waals surface area contributed by atoms with Gasteiger partial charge in [-0.1, -0.05) is 18.2 Å². The van der Waals surface area contributed by atoms with Gasteiger partial charge in [-0.15, -0.1) is 0 Å². The first-order chi connectivity index (χ1) is 8.75. The molecular formula is C14H21N3O. The Kier molecular flexibility index (Phi) is 4.73. The lowest BCUT2D eigenvalue weighted by molar-refractivity contribution is -0.117. The zero-order chi connectivity index (χ0) is 12.8. The Morgan fingerprint density at radius 3 is 3.00 bits per heavy atom. The predicted octanol–water partition coefficient (Wildman–Crippen LogP) is 1.23. The first-order valence-electron chi connectivity index (χ1n) is 6.54. The Morgan fingerprint density at radius 1 is 1.33 bits per heavy atom. The lowest BCUT2D eigenvalue weighted by Crippen LogP contribution is -2.35. The van der Waals surface area contributed by atoms with Crippen LogP contribution < -0.4 is 10.6 Å². The summed E-state index contributed by atoms with van der Waals surface area (Å²) in [5.41, 5.74) is 2.01. The molecule has 1 heterocycles. The van der Waals surface area contributed by atoms with Crippen LogP contribution in [0.4, 0.5) is 5.69 Å². The number of nitrogens with one attached hydrogen (secondary N) is 2. The van der Waals surface area contributed by atoms with Crippen molar-refractivity contribution in [1.29, 1.82) is 0 Å². The fraction of sp³-hybridized carbons (Fsp3) is 0.500. The van der Waals surface area contributed by atoms with E-state index in [4.69, 9.17) is 0 Å². The first-order valence-corrected chi connectivity index (χ1v) is 6.54. The number of aryl methyl sites for hydroxylation is 1. The Balaban J connectivity index is 1.86. The number of nitrogens with zero attached hydrogens (tertiary/aromatic N) is 1. The number of rotatable bonds is 3. The van der Waals surface area contributed by atoms with E-state index in [-0.39, 0.29) is 5.91 Å². The minimum Gasteiger partial charge on any atom is -0.325 e. The van der Waals surface area contributed by atoms with Gasteiger partial charge in [-0.2, -0.15) is 0 Å². The topological polar surface area (TPSA) is 44.4 Å². The van der Waals surface area contributed by atoms with Gasteiger partial charge in [0.25, 0.3) is 0 Å². The summed E-state index contributed by atoms with van der Waals surface area (Å²) in [6.45, 7) is 6.45. The monoisotopic (exact) mass is 247 g/mol. The molecule has 2 N–H and O–H groups in total. The van der Waals surface area contributed by atoms with Crippen molar-refractivity contribution in [2.45, 2.75) is 13.3 Å². The van der Waals surface area contributed by atoms with Crippen LogP contribution in [0.1, 0.15) is 12.0 Å². The average Bonchev–Trinajstić information content (AvgIpc) is 2.61. The molecule has 0 atom stereocenters. The maximum absolute atomic E-state index is 12.0. The van der Waals surface area contributed by atoms with Crippen molar-refractivity contribution in [3.63, 3.8) is 0 Å². The summed E-state index contributed by atoms with van der Waals surface area (Å²) >= 11 is 0. The second kappa shape index (κ2) is 6.52. The van der Waals surface area contributed by atoms with E-state index in [2.05, 4.69) is 15.5 Å². The summed E-state index contributed by atoms with van der Waals surface area (Å²) in [4.78, 5) is 14.2. The number of hydrogen-bond acceptors (Lipinski definition) is 3. The highest BCUT2D eigenvalue weighted by atomic mass is 16.2. The number of carbonyl (C=O) groups is 1. The minimum atomic E-state index is 0.0752. The van der Waals surface area contributed by atoms with Gasteiger partial charge in [0.15, 0.2) is 0 Å². The molecule has 1 aromatic rings. The number of hydrogen-bond donors (Lipinski definition) is 2. The average molecular weight is 247 g/mol. The van der Waals surface area contributed by atoms with E-state index < -0.39 is 0 Å². The third-order valence-electron chi connectivity index (χ3n) is 3.22. The maximum atomic E-state index is 12.0. The van der Waals surface area contributed by atoms with Crippen LogP contribution in [0.2, 0.25) is 0 Å². The van der Waals surface area contributed by atoms with Gasteiger partial charge in [-0.25, -0.2) is 0 Å². The van der Waals surface area contributed by atoms with Crippen LogP contribution in [-0.4, -0.2) is 43.5 Å². The second-order valence-electron chi connectivity index (χ2n) is 4.74. The lowest BCUT2D eigenvalue weighted by Gasteiger charge is -2.19. The largest absolute Gasteiger partial charge is 0.325 e. The number of amides is 1. The van der Waals surface area contributed by atoms with Crippen molar-refractivity contribution < 1.29 is 4.79 Å². The van der Waals surface area contributed by atoms with Crippen LogP contribution in [-0.2, 0) is 4.79 Å². The molecule has 0 aromatic heterocycles. The predicted molar refractivity (Wildman–Crippen MR) is 73.7 cm³/mol. The lowest BCUT2D eigenvalue weighted by atomic mass is 10.2. The Hall–Kier alpha value is -1.39. The summed E-state index contributed by atoms with van der Waals surface area (Å²) in [5, 5.41) is 6.31. The van der Waals surface area contributed by atoms with Crippen molar-refractivity contribution >= 4 is 11.6 Å². The van der Waals surface area contributed by atoms with E-state index in [1.165, 1.54) is 0 Å². The molecule has 1 aliphatic rings. The fourth-order valence-electron chi connectivity index (χ4n) is 2.17. The third kappa shape index (κ3) is 3.82. The third-order valence-corrected chi connectivity index (χ3v) is 3.22. The molecule has 4 nitrogen and oxygen atoms in total. The van der Waals surface area contributed by atoms with Gasteiger partial charge in [0.1, 0.15) is 0 Å². The van der Waals surface area contributed by atoms with Gasteiger partial charge in [0, 0.05) is 18.8 Å². The summed E-state index contributed by atoms with van der Waals surface area (Å²) in [6.07, 6.45) is 1.11. The molecule has 0 aliphatic carbocycles. The Labute approximate surface area is 108 Å². The number of para-hydroxylation sites is 1. The van der Waals surface area contributed by atoms with E-state index in [1.807, 2.05) is 31.2 Å². The van der Waals surface area contributed by atoms with Crippen LogP contribution in [0.15, 0.2) is 24.3 Å². The molecule has 0 bridgehead atoms. The molecule has 2 rings (SSSR count). The molecule has 0 saturated carbocycles. The van der Waals surface area contributed by atoms with Crippen molar-refractivity contribution in [2.24, 2.45) is 0 Å². The molecule has 1 saturated heterocycles. The SMILES string of the molecule is Cc1ccccc1NC(=O)CN1CCCNCC1. The summed E-state index contributed by atoms with van der Waals surface area (Å²) in [7, 11) is 0. The van der Waals surface area contributed by atoms with Gasteiger partial charge >= 0.3 is 0 Å². The van der Waals surface area contributed by atoms with Crippen LogP contribution in [0.5, 0.6) is 0 Å². The zero-order valence-electron chi connectivity index (χ0n) is 10.9. The van der Waals surface area contributed by atoms with Crippen molar-refractivity contribution in [3.8, 4) is 0 Å². The highest BCUT2D eigenvalue weighted by Gasteiger charge is 2.13. The van der Waals surface area contributed by atoms with Crippen LogP contribution in [0.25, 0.3) is 0 Å². The first kappa shape index (κ1) is 13.1. The quantitative estimate of drug-likeness (QED) is 0.844. The smallest absolute Gasteiger partial charge is 0.238 e. The van der Waals surface area contributed by atoms with Crippen molar-refractivity contribution in [1.82, 2.24) is 10.2 Å². The van der Waals surface area contributed by atoms with Crippen LogP contribution in [0, 0.1) is 6.92 Å². The summed E-state index contributed by atoms with van der Waals surface area (Å²) in [5.74, 6) is 0.0752. The van der Waals surface area contributed by atoms with E-state index in [0.29, 0.717) is 6.54 Å². The normalized spacial score (nSPS) is 17.2. The second-order valence-corrected chi connectivity index (χ2v) is 4.74. The van der Waals surface area contributed by atoms with Crippen LogP contribution >= 0.6 is 0 Å². The molecule has 1 fully saturated rings. The zero-order valence-corrected chi connectivity index (χ0v) is 10.9. The van der Waals surface area contributed by atoms with E-state index >= 15 is 0 Å². The Bertz CT molecular complexity index is 398. The van der Waals surface area contributed by atoms with E-state index in [9.17, 15) is 4.79 Å². The van der Waals surface area contributed by atoms with Gasteiger partial charge < -0.3 is 10.6 Å². The van der Waals surface area contributed by atoms with E-state index in [1.54, 1.807) is 0 Å². The van der Waals surface area contributed by atoms with Crippen LogP contribution in [0.3, 0.4) is 0 Å². The standard InChI is InChI=1S/C14H21N3O/c1-12-5-2-3-6-13(12)16-14(18)11-17-9-4-7-15-8-10-17/h2-3,5-6,15H,4,7-11H2,1H3,(H,16,18). The summed E-state index contributed by atoms with van der Waals surface area (Å²) < 4.78 is 0. The molecular weight excluding hydrogens is 226 g/mol. The molecule has 1 aliphatic heterocycles. The molecule has 0 unspecified atom stereocenters. The highest BCUT2D eigenvalue weighted by molar-refractivity contribution is 5.92. The van der Waals surface area contributed by atoms with Crippen molar-refractivity contribution in [2.75, 3.05) is 38.0 Å². The number of anilines is 1.